The zero-order valence-electron chi connectivity index (χ0n) is 15.7. The second-order valence-electron chi connectivity index (χ2n) is 6.37. The molecule has 8 heteroatoms. The number of nitrogens with one attached hydrogen (secondary N) is 1. The Kier molecular flexibility index (Phi) is 5.15. The number of carbonyl (C=O) groups is 1. The summed E-state index contributed by atoms with van der Waals surface area (Å²) in [5.41, 5.74) is 2.73. The van der Waals surface area contributed by atoms with Crippen LogP contribution in [0, 0.1) is 5.82 Å². The molecule has 4 rings (SSSR count). The van der Waals surface area contributed by atoms with Crippen LogP contribution >= 0.6 is 0 Å². The molecule has 0 fully saturated rings. The number of halogens is 1. The number of hydrogen-bond donors (Lipinski definition) is 1. The molecule has 0 unspecified atom stereocenters. The third-order valence-corrected chi connectivity index (χ3v) is 4.35. The molecular weight excluding hydrogens is 373 g/mol. The molecule has 0 aliphatic heterocycles. The van der Waals surface area contributed by atoms with Gasteiger partial charge in [-0.25, -0.2) is 9.07 Å². The van der Waals surface area contributed by atoms with Gasteiger partial charge in [-0.1, -0.05) is 24.2 Å². The van der Waals surface area contributed by atoms with Gasteiger partial charge in [0, 0.05) is 24.7 Å². The summed E-state index contributed by atoms with van der Waals surface area (Å²) in [4.78, 5) is 16.6. The molecule has 0 atom stereocenters. The maximum absolute atomic E-state index is 12.9. The first-order chi connectivity index (χ1) is 14.1. The van der Waals surface area contributed by atoms with E-state index in [1.807, 2.05) is 31.2 Å². The van der Waals surface area contributed by atoms with Crippen LogP contribution in [0.4, 0.5) is 4.39 Å². The van der Waals surface area contributed by atoms with Crippen LogP contribution in [0.5, 0.6) is 0 Å². The Morgan fingerprint density at radius 3 is 2.55 bits per heavy atom. The molecule has 0 spiro atoms. The Bertz CT molecular complexity index is 1120. The first-order valence-electron chi connectivity index (χ1n) is 9.14. The zero-order chi connectivity index (χ0) is 20.2. The lowest BCUT2D eigenvalue weighted by atomic mass is 10.2. The quantitative estimate of drug-likeness (QED) is 0.543. The number of nitrogens with zero attached hydrogens (tertiary/aromatic N) is 4. The summed E-state index contributed by atoms with van der Waals surface area (Å²) in [5, 5.41) is 11.1. The van der Waals surface area contributed by atoms with Crippen LogP contribution in [0.15, 0.2) is 65.3 Å². The SMILES string of the molecule is CCc1nc(-c2ccc(-n3ccc(C(=O)NCc4ccc(F)cc4)n3)cc2)no1. The largest absolute Gasteiger partial charge is 0.347 e. The van der Waals surface area contributed by atoms with E-state index < -0.39 is 0 Å². The molecule has 7 nitrogen and oxygen atoms in total. The highest BCUT2D eigenvalue weighted by molar-refractivity contribution is 5.92. The van der Waals surface area contributed by atoms with Crippen molar-refractivity contribution in [2.24, 2.45) is 0 Å². The Hall–Kier alpha value is -3.81. The van der Waals surface area contributed by atoms with Crippen molar-refractivity contribution in [1.29, 1.82) is 0 Å². The Balaban J connectivity index is 1.42. The van der Waals surface area contributed by atoms with Crippen molar-refractivity contribution >= 4 is 5.91 Å². The van der Waals surface area contributed by atoms with Crippen LogP contribution in [-0.4, -0.2) is 25.8 Å². The second kappa shape index (κ2) is 8.05. The normalized spacial score (nSPS) is 10.8. The smallest absolute Gasteiger partial charge is 0.272 e. The van der Waals surface area contributed by atoms with Gasteiger partial charge in [0.1, 0.15) is 5.82 Å². The fourth-order valence-electron chi connectivity index (χ4n) is 2.74. The van der Waals surface area contributed by atoms with E-state index in [-0.39, 0.29) is 11.7 Å². The lowest BCUT2D eigenvalue weighted by Gasteiger charge is -2.04. The highest BCUT2D eigenvalue weighted by atomic mass is 19.1. The molecule has 4 aromatic rings. The van der Waals surface area contributed by atoms with Gasteiger partial charge in [0.05, 0.1) is 5.69 Å². The summed E-state index contributed by atoms with van der Waals surface area (Å²) < 4.78 is 19.7. The lowest BCUT2D eigenvalue weighted by Crippen LogP contribution is -2.23. The van der Waals surface area contributed by atoms with Gasteiger partial charge in [-0.3, -0.25) is 4.79 Å². The number of hydrogen-bond acceptors (Lipinski definition) is 5. The maximum Gasteiger partial charge on any atom is 0.272 e. The molecule has 2 aromatic carbocycles. The monoisotopic (exact) mass is 391 g/mol. The average Bonchev–Trinajstić information content (AvgIpc) is 3.43. The summed E-state index contributed by atoms with van der Waals surface area (Å²) in [6.07, 6.45) is 2.40. The van der Waals surface area contributed by atoms with Gasteiger partial charge in [0.15, 0.2) is 5.69 Å². The van der Waals surface area contributed by atoms with Crippen molar-refractivity contribution in [3.05, 3.63) is 83.8 Å². The van der Waals surface area contributed by atoms with Crippen LogP contribution in [-0.2, 0) is 13.0 Å². The number of rotatable bonds is 6. The first-order valence-corrected chi connectivity index (χ1v) is 9.14. The van der Waals surface area contributed by atoms with Gasteiger partial charge in [0.25, 0.3) is 5.91 Å². The Labute approximate surface area is 166 Å². The fraction of sp³-hybridized carbons (Fsp3) is 0.143. The summed E-state index contributed by atoms with van der Waals surface area (Å²) in [7, 11) is 0. The minimum atomic E-state index is -0.310. The van der Waals surface area contributed by atoms with Gasteiger partial charge in [-0.15, -0.1) is 0 Å². The molecule has 2 heterocycles. The van der Waals surface area contributed by atoms with E-state index >= 15 is 0 Å². The molecule has 2 aromatic heterocycles. The topological polar surface area (TPSA) is 85.8 Å². The minimum Gasteiger partial charge on any atom is -0.347 e. The third kappa shape index (κ3) is 4.21. The van der Waals surface area contributed by atoms with Crippen LogP contribution in [0.2, 0.25) is 0 Å². The molecular formula is C21H18FN5O2. The van der Waals surface area contributed by atoms with E-state index in [1.54, 1.807) is 29.1 Å². The zero-order valence-corrected chi connectivity index (χ0v) is 15.7. The maximum atomic E-state index is 12.9. The number of amides is 1. The van der Waals surface area contributed by atoms with Gasteiger partial charge in [-0.05, 0) is 48.0 Å². The van der Waals surface area contributed by atoms with Crippen LogP contribution < -0.4 is 5.32 Å². The van der Waals surface area contributed by atoms with Crippen molar-refractivity contribution in [1.82, 2.24) is 25.2 Å². The molecule has 0 aliphatic carbocycles. The van der Waals surface area contributed by atoms with Crippen molar-refractivity contribution in [2.75, 3.05) is 0 Å². The second-order valence-corrected chi connectivity index (χ2v) is 6.37. The van der Waals surface area contributed by atoms with Crippen LogP contribution in [0.25, 0.3) is 17.1 Å². The molecule has 1 N–H and O–H groups in total. The predicted molar refractivity (Wildman–Crippen MR) is 104 cm³/mol. The highest BCUT2D eigenvalue weighted by Crippen LogP contribution is 2.18. The first kappa shape index (κ1) is 18.5. The standard InChI is InChI=1S/C21H18FN5O2/c1-2-19-24-20(26-29-19)15-5-9-17(10-6-15)27-12-11-18(25-27)21(28)23-13-14-3-7-16(22)8-4-14/h3-12H,2,13H2,1H3,(H,23,28). The molecule has 0 saturated carbocycles. The van der Waals surface area contributed by atoms with Gasteiger partial charge in [-0.2, -0.15) is 10.1 Å². The van der Waals surface area contributed by atoms with Crippen molar-refractivity contribution < 1.29 is 13.7 Å². The molecule has 0 aliphatic rings. The van der Waals surface area contributed by atoms with Crippen molar-refractivity contribution in [3.63, 3.8) is 0 Å². The van der Waals surface area contributed by atoms with E-state index in [2.05, 4.69) is 20.6 Å². The number of benzene rings is 2. The van der Waals surface area contributed by atoms with Crippen molar-refractivity contribution in [3.8, 4) is 17.1 Å². The fourth-order valence-corrected chi connectivity index (χ4v) is 2.74. The van der Waals surface area contributed by atoms with E-state index in [1.165, 1.54) is 12.1 Å². The molecule has 1 amide bonds. The van der Waals surface area contributed by atoms with E-state index in [9.17, 15) is 9.18 Å². The third-order valence-electron chi connectivity index (χ3n) is 4.35. The lowest BCUT2D eigenvalue weighted by molar-refractivity contribution is 0.0945. The van der Waals surface area contributed by atoms with Crippen molar-refractivity contribution in [2.45, 2.75) is 19.9 Å². The summed E-state index contributed by atoms with van der Waals surface area (Å²) in [6.45, 7) is 2.25. The highest BCUT2D eigenvalue weighted by Gasteiger charge is 2.11. The van der Waals surface area contributed by atoms with Crippen LogP contribution in [0.1, 0.15) is 28.9 Å². The summed E-state index contributed by atoms with van der Waals surface area (Å²) >= 11 is 0. The average molecular weight is 391 g/mol. The molecule has 0 saturated heterocycles. The molecule has 0 bridgehead atoms. The molecule has 0 radical (unpaired) electrons. The molecule has 29 heavy (non-hydrogen) atoms. The number of aromatic nitrogens is 4. The summed E-state index contributed by atoms with van der Waals surface area (Å²) in [5.74, 6) is 0.515. The minimum absolute atomic E-state index is 0.293. The number of carbonyl (C=O) groups excluding carboxylic acids is 1. The Morgan fingerprint density at radius 2 is 1.86 bits per heavy atom. The van der Waals surface area contributed by atoms with Gasteiger partial charge in [0.2, 0.25) is 11.7 Å². The summed E-state index contributed by atoms with van der Waals surface area (Å²) in [6, 6.07) is 15.1. The molecule has 146 valence electrons. The van der Waals surface area contributed by atoms with Crippen LogP contribution in [0.3, 0.4) is 0 Å². The van der Waals surface area contributed by atoms with E-state index in [4.69, 9.17) is 4.52 Å². The van der Waals surface area contributed by atoms with Gasteiger partial charge >= 0.3 is 0 Å². The van der Waals surface area contributed by atoms with E-state index in [0.717, 1.165) is 16.8 Å². The number of aryl methyl sites for hydroxylation is 1. The Morgan fingerprint density at radius 1 is 1.10 bits per heavy atom. The van der Waals surface area contributed by atoms with Gasteiger partial charge < -0.3 is 9.84 Å². The predicted octanol–water partition coefficient (Wildman–Crippen LogP) is 3.55. The van der Waals surface area contributed by atoms with E-state index in [0.29, 0.717) is 30.4 Å².